The van der Waals surface area contributed by atoms with Crippen LogP contribution in [0.15, 0.2) is 47.4 Å². The highest BCUT2D eigenvalue weighted by atomic mass is 32.2. The highest BCUT2D eigenvalue weighted by Gasteiger charge is 2.39. The predicted octanol–water partition coefficient (Wildman–Crippen LogP) is 2.80. The van der Waals surface area contributed by atoms with Crippen LogP contribution in [0.4, 0.5) is 5.69 Å². The van der Waals surface area contributed by atoms with Gasteiger partial charge in [-0.15, -0.1) is 0 Å². The number of para-hydroxylation sites is 1. The molecule has 0 bridgehead atoms. The van der Waals surface area contributed by atoms with Crippen LogP contribution in [0.25, 0.3) is 0 Å². The van der Waals surface area contributed by atoms with Crippen molar-refractivity contribution >= 4 is 21.6 Å². The highest BCUT2D eigenvalue weighted by molar-refractivity contribution is 7.89. The summed E-state index contributed by atoms with van der Waals surface area (Å²) in [4.78, 5) is 12.9. The summed E-state index contributed by atoms with van der Waals surface area (Å²) in [5, 5.41) is 2.86. The fourth-order valence-electron chi connectivity index (χ4n) is 3.33. The average Bonchev–Trinajstić information content (AvgIpc) is 3.20. The minimum atomic E-state index is -3.86. The fourth-order valence-corrected chi connectivity index (χ4v) is 5.00. The maximum atomic E-state index is 13.2. The van der Waals surface area contributed by atoms with Gasteiger partial charge >= 0.3 is 0 Å². The Kier molecular flexibility index (Phi) is 5.90. The van der Waals surface area contributed by atoms with Gasteiger partial charge in [-0.2, -0.15) is 4.31 Å². The molecule has 7 nitrogen and oxygen atoms in total. The quantitative estimate of drug-likeness (QED) is 0.800. The summed E-state index contributed by atoms with van der Waals surface area (Å²) in [6.07, 6.45) is 1.10. The molecule has 1 amide bonds. The molecule has 150 valence electrons. The van der Waals surface area contributed by atoms with E-state index in [-0.39, 0.29) is 10.8 Å². The molecule has 1 atom stereocenters. The maximum Gasteiger partial charge on any atom is 0.243 e. The maximum absolute atomic E-state index is 13.2. The van der Waals surface area contributed by atoms with Gasteiger partial charge in [0.25, 0.3) is 0 Å². The van der Waals surface area contributed by atoms with Gasteiger partial charge < -0.3 is 14.8 Å². The zero-order chi connectivity index (χ0) is 20.3. The molecule has 0 aliphatic carbocycles. The topological polar surface area (TPSA) is 84.9 Å². The third kappa shape index (κ3) is 3.83. The number of ether oxygens (including phenoxy) is 2. The number of nitrogens with zero attached hydrogens (tertiary/aromatic N) is 1. The van der Waals surface area contributed by atoms with Crippen LogP contribution in [-0.4, -0.2) is 45.4 Å². The van der Waals surface area contributed by atoms with Gasteiger partial charge in [0.1, 0.15) is 6.04 Å². The molecular formula is C20H24N2O5S. The molecule has 1 saturated heterocycles. The molecule has 8 heteroatoms. The first kappa shape index (κ1) is 20.2. The summed E-state index contributed by atoms with van der Waals surface area (Å²) in [6.45, 7) is 2.19. The number of carbonyl (C=O) groups excluding carboxylic acids is 1. The molecule has 0 aromatic heterocycles. The van der Waals surface area contributed by atoms with Crippen molar-refractivity contribution in [1.82, 2.24) is 4.31 Å². The standard InChI is InChI=1S/C20H24N2O5S/c1-14-7-4-5-8-16(14)21-20(23)17-9-6-12-22(17)28(24,25)15-10-11-18(26-2)19(13-15)27-3/h4-5,7-8,10-11,13,17H,6,9,12H2,1-3H3,(H,21,23)/t17-/m0/s1. The number of carbonyl (C=O) groups is 1. The number of anilines is 1. The van der Waals surface area contributed by atoms with Crippen molar-refractivity contribution in [3.63, 3.8) is 0 Å². The number of benzene rings is 2. The molecule has 0 spiro atoms. The zero-order valence-corrected chi connectivity index (χ0v) is 17.0. The van der Waals surface area contributed by atoms with E-state index in [9.17, 15) is 13.2 Å². The number of nitrogens with one attached hydrogen (secondary N) is 1. The van der Waals surface area contributed by atoms with E-state index >= 15 is 0 Å². The second-order valence-electron chi connectivity index (χ2n) is 6.59. The summed E-state index contributed by atoms with van der Waals surface area (Å²) in [5.74, 6) is 0.441. The highest BCUT2D eigenvalue weighted by Crippen LogP contribution is 2.33. The number of amides is 1. The zero-order valence-electron chi connectivity index (χ0n) is 16.1. The predicted molar refractivity (Wildman–Crippen MR) is 106 cm³/mol. The Bertz CT molecular complexity index is 974. The van der Waals surface area contributed by atoms with Crippen molar-refractivity contribution in [2.24, 2.45) is 0 Å². The number of rotatable bonds is 6. The number of aryl methyl sites for hydroxylation is 1. The second kappa shape index (κ2) is 8.20. The van der Waals surface area contributed by atoms with Gasteiger partial charge in [0.2, 0.25) is 15.9 Å². The summed E-state index contributed by atoms with van der Waals surface area (Å²) in [7, 11) is -0.924. The summed E-state index contributed by atoms with van der Waals surface area (Å²) < 4.78 is 38.0. The molecule has 1 fully saturated rings. The molecule has 0 saturated carbocycles. The second-order valence-corrected chi connectivity index (χ2v) is 8.49. The smallest absolute Gasteiger partial charge is 0.243 e. The Hall–Kier alpha value is -2.58. The van der Waals surface area contributed by atoms with Crippen molar-refractivity contribution in [2.45, 2.75) is 30.7 Å². The van der Waals surface area contributed by atoms with Crippen LogP contribution < -0.4 is 14.8 Å². The summed E-state index contributed by atoms with van der Waals surface area (Å²) in [6, 6.07) is 11.1. The van der Waals surface area contributed by atoms with Gasteiger partial charge in [-0.1, -0.05) is 18.2 Å². The molecule has 2 aromatic rings. The van der Waals surface area contributed by atoms with E-state index in [0.717, 1.165) is 5.56 Å². The molecule has 1 heterocycles. The van der Waals surface area contributed by atoms with E-state index in [1.165, 1.54) is 30.7 Å². The summed E-state index contributed by atoms with van der Waals surface area (Å²) in [5.41, 5.74) is 1.60. The monoisotopic (exact) mass is 404 g/mol. The molecule has 0 unspecified atom stereocenters. The lowest BCUT2D eigenvalue weighted by atomic mass is 10.1. The molecule has 3 rings (SSSR count). The van der Waals surface area contributed by atoms with Crippen LogP contribution in [0.3, 0.4) is 0 Å². The van der Waals surface area contributed by atoms with E-state index in [1.54, 1.807) is 12.1 Å². The largest absolute Gasteiger partial charge is 0.493 e. The number of hydrogen-bond donors (Lipinski definition) is 1. The molecule has 0 radical (unpaired) electrons. The van der Waals surface area contributed by atoms with Crippen molar-refractivity contribution < 1.29 is 22.7 Å². The third-order valence-electron chi connectivity index (χ3n) is 4.87. The Labute approximate surface area is 165 Å². The lowest BCUT2D eigenvalue weighted by molar-refractivity contribution is -0.119. The molecule has 2 aromatic carbocycles. The Balaban J connectivity index is 1.87. The van der Waals surface area contributed by atoms with Crippen LogP contribution in [0.5, 0.6) is 11.5 Å². The minimum Gasteiger partial charge on any atom is -0.493 e. The molecule has 1 aliphatic rings. The Morgan fingerprint density at radius 2 is 1.82 bits per heavy atom. The van der Waals surface area contributed by atoms with Crippen molar-refractivity contribution in [3.8, 4) is 11.5 Å². The van der Waals surface area contributed by atoms with Gasteiger partial charge in [0, 0.05) is 18.3 Å². The van der Waals surface area contributed by atoms with Gasteiger partial charge in [-0.05, 0) is 43.5 Å². The van der Waals surface area contributed by atoms with Crippen molar-refractivity contribution in [1.29, 1.82) is 0 Å². The van der Waals surface area contributed by atoms with Crippen molar-refractivity contribution in [2.75, 3.05) is 26.1 Å². The van der Waals surface area contributed by atoms with Crippen LogP contribution in [0.2, 0.25) is 0 Å². The van der Waals surface area contributed by atoms with E-state index < -0.39 is 16.1 Å². The van der Waals surface area contributed by atoms with Crippen LogP contribution in [-0.2, 0) is 14.8 Å². The minimum absolute atomic E-state index is 0.0701. The van der Waals surface area contributed by atoms with Crippen LogP contribution >= 0.6 is 0 Å². The first-order chi connectivity index (χ1) is 13.4. The number of sulfonamides is 1. The number of methoxy groups -OCH3 is 2. The third-order valence-corrected chi connectivity index (χ3v) is 6.78. The number of hydrogen-bond acceptors (Lipinski definition) is 5. The van der Waals surface area contributed by atoms with E-state index in [4.69, 9.17) is 9.47 Å². The SMILES string of the molecule is COc1ccc(S(=O)(=O)N2CCC[C@H]2C(=O)Nc2ccccc2C)cc1OC. The molecule has 1 N–H and O–H groups in total. The van der Waals surface area contributed by atoms with Gasteiger partial charge in [0.05, 0.1) is 19.1 Å². The normalized spacial score (nSPS) is 17.3. The van der Waals surface area contributed by atoms with E-state index in [1.807, 2.05) is 25.1 Å². The first-order valence-corrected chi connectivity index (χ1v) is 10.4. The Morgan fingerprint density at radius 3 is 2.50 bits per heavy atom. The molecular weight excluding hydrogens is 380 g/mol. The van der Waals surface area contributed by atoms with Crippen LogP contribution in [0.1, 0.15) is 18.4 Å². The molecule has 28 heavy (non-hydrogen) atoms. The molecule has 1 aliphatic heterocycles. The Morgan fingerprint density at radius 1 is 1.11 bits per heavy atom. The van der Waals surface area contributed by atoms with Crippen molar-refractivity contribution in [3.05, 3.63) is 48.0 Å². The van der Waals surface area contributed by atoms with Gasteiger partial charge in [-0.25, -0.2) is 8.42 Å². The average molecular weight is 404 g/mol. The summed E-state index contributed by atoms with van der Waals surface area (Å²) >= 11 is 0. The van der Waals surface area contributed by atoms with Crippen LogP contribution in [0, 0.1) is 6.92 Å². The van der Waals surface area contributed by atoms with Gasteiger partial charge in [0.15, 0.2) is 11.5 Å². The van der Waals surface area contributed by atoms with E-state index in [2.05, 4.69) is 5.32 Å². The fraction of sp³-hybridized carbons (Fsp3) is 0.350. The lowest BCUT2D eigenvalue weighted by Crippen LogP contribution is -2.43. The lowest BCUT2D eigenvalue weighted by Gasteiger charge is -2.24. The van der Waals surface area contributed by atoms with E-state index in [0.29, 0.717) is 36.6 Å². The van der Waals surface area contributed by atoms with Gasteiger partial charge in [-0.3, -0.25) is 4.79 Å². The first-order valence-electron chi connectivity index (χ1n) is 8.99.